The number of nitrogens with zero attached hydrogens (tertiary/aromatic N) is 1. The predicted octanol–water partition coefficient (Wildman–Crippen LogP) is 2.64. The van der Waals surface area contributed by atoms with Gasteiger partial charge in [-0.1, -0.05) is 35.5 Å². The number of amides is 1. The third-order valence-corrected chi connectivity index (χ3v) is 4.08. The molecule has 0 unspecified atom stereocenters. The summed E-state index contributed by atoms with van der Waals surface area (Å²) in [6, 6.07) is 14.8. The van der Waals surface area contributed by atoms with Crippen LogP contribution >= 0.6 is 12.2 Å². The molecular weight excluding hydrogens is 364 g/mol. The van der Waals surface area contributed by atoms with Crippen molar-refractivity contribution in [2.75, 3.05) is 13.7 Å². The molecule has 0 radical (unpaired) electrons. The van der Waals surface area contributed by atoms with Crippen molar-refractivity contribution in [3.05, 3.63) is 54.1 Å². The molecule has 1 heterocycles. The zero-order valence-electron chi connectivity index (χ0n) is 15.0. The van der Waals surface area contributed by atoms with Gasteiger partial charge in [-0.25, -0.2) is 0 Å². The Kier molecular flexibility index (Phi) is 6.00. The van der Waals surface area contributed by atoms with Crippen LogP contribution in [0.15, 0.2) is 53.1 Å². The highest BCUT2D eigenvalue weighted by Gasteiger charge is 2.14. The van der Waals surface area contributed by atoms with Gasteiger partial charge in [0.15, 0.2) is 10.9 Å². The van der Waals surface area contributed by atoms with Crippen molar-refractivity contribution in [1.29, 1.82) is 0 Å². The van der Waals surface area contributed by atoms with Crippen LogP contribution in [0, 0.1) is 0 Å². The number of aromatic nitrogens is 1. The minimum absolute atomic E-state index is 0.0219. The second-order valence-corrected chi connectivity index (χ2v) is 6.43. The molecule has 1 aromatic heterocycles. The van der Waals surface area contributed by atoms with E-state index in [-0.39, 0.29) is 11.9 Å². The van der Waals surface area contributed by atoms with Gasteiger partial charge in [-0.05, 0) is 37.3 Å². The number of benzene rings is 2. The van der Waals surface area contributed by atoms with E-state index in [9.17, 15) is 4.79 Å². The van der Waals surface area contributed by atoms with Crippen LogP contribution in [0.5, 0.6) is 0 Å². The second-order valence-electron chi connectivity index (χ2n) is 6.02. The highest BCUT2D eigenvalue weighted by atomic mass is 32.1. The van der Waals surface area contributed by atoms with Crippen LogP contribution in [0.4, 0.5) is 0 Å². The molecule has 0 saturated carbocycles. The van der Waals surface area contributed by atoms with Gasteiger partial charge >= 0.3 is 0 Å². The van der Waals surface area contributed by atoms with Crippen molar-refractivity contribution in [2.24, 2.45) is 0 Å². The summed E-state index contributed by atoms with van der Waals surface area (Å²) in [6.07, 6.45) is 0. The van der Waals surface area contributed by atoms with Crippen LogP contribution in [0.2, 0.25) is 0 Å². The summed E-state index contributed by atoms with van der Waals surface area (Å²) in [5.74, 6) is 0.305. The Bertz CT molecular complexity index is 943. The first-order valence-electron chi connectivity index (χ1n) is 8.39. The first kappa shape index (κ1) is 18.8. The largest absolute Gasteiger partial charge is 0.383 e. The SMILES string of the molecule is COC[C@H](C)NC(=S)NNC(=O)c1ccc2noc(-c3ccccc3)c2c1. The van der Waals surface area contributed by atoms with Gasteiger partial charge in [0.25, 0.3) is 5.91 Å². The van der Waals surface area contributed by atoms with Crippen molar-refractivity contribution >= 4 is 34.1 Å². The number of hydrogen-bond donors (Lipinski definition) is 3. The van der Waals surface area contributed by atoms with Crippen molar-refractivity contribution in [1.82, 2.24) is 21.3 Å². The Morgan fingerprint density at radius 3 is 2.74 bits per heavy atom. The normalized spacial score (nSPS) is 11.8. The van der Waals surface area contributed by atoms with Crippen LogP contribution in [-0.4, -0.2) is 35.9 Å². The molecule has 7 nitrogen and oxygen atoms in total. The van der Waals surface area contributed by atoms with E-state index in [0.717, 1.165) is 10.9 Å². The molecule has 2 aromatic carbocycles. The zero-order valence-corrected chi connectivity index (χ0v) is 15.8. The van der Waals surface area contributed by atoms with Crippen molar-refractivity contribution in [3.8, 4) is 11.3 Å². The van der Waals surface area contributed by atoms with Gasteiger partial charge in [-0.3, -0.25) is 15.6 Å². The lowest BCUT2D eigenvalue weighted by atomic mass is 10.1. The minimum atomic E-state index is -0.319. The number of nitrogens with one attached hydrogen (secondary N) is 3. The molecule has 0 bridgehead atoms. The number of rotatable bonds is 5. The monoisotopic (exact) mass is 384 g/mol. The van der Waals surface area contributed by atoms with Gasteiger partial charge in [0, 0.05) is 24.3 Å². The first-order chi connectivity index (χ1) is 13.1. The van der Waals surface area contributed by atoms with Gasteiger partial charge in [-0.15, -0.1) is 0 Å². The average Bonchev–Trinajstić information content (AvgIpc) is 3.10. The molecule has 0 fully saturated rings. The number of hydrazine groups is 1. The molecule has 27 heavy (non-hydrogen) atoms. The smallest absolute Gasteiger partial charge is 0.269 e. The highest BCUT2D eigenvalue weighted by molar-refractivity contribution is 7.80. The lowest BCUT2D eigenvalue weighted by Gasteiger charge is -2.16. The number of ether oxygens (including phenoxy) is 1. The van der Waals surface area contributed by atoms with Crippen LogP contribution in [-0.2, 0) is 4.74 Å². The Morgan fingerprint density at radius 2 is 2.00 bits per heavy atom. The molecule has 8 heteroatoms. The average molecular weight is 384 g/mol. The quantitative estimate of drug-likeness (QED) is 0.460. The number of hydrogen-bond acceptors (Lipinski definition) is 5. The third-order valence-electron chi connectivity index (χ3n) is 3.86. The molecule has 3 rings (SSSR count). The Balaban J connectivity index is 1.71. The summed E-state index contributed by atoms with van der Waals surface area (Å²) < 4.78 is 10.5. The van der Waals surface area contributed by atoms with Crippen LogP contribution < -0.4 is 16.2 Å². The summed E-state index contributed by atoms with van der Waals surface area (Å²) in [6.45, 7) is 2.42. The molecular formula is C19H20N4O3S. The van der Waals surface area contributed by atoms with Gasteiger partial charge in [0.2, 0.25) is 0 Å². The summed E-state index contributed by atoms with van der Waals surface area (Å²) in [5.41, 5.74) is 7.30. The number of fused-ring (bicyclic) bond motifs is 1. The molecule has 0 aliphatic rings. The van der Waals surface area contributed by atoms with E-state index in [1.165, 1.54) is 0 Å². The molecule has 1 atom stereocenters. The highest BCUT2D eigenvalue weighted by Crippen LogP contribution is 2.29. The van der Waals surface area contributed by atoms with Gasteiger partial charge in [0.05, 0.1) is 12.0 Å². The summed E-state index contributed by atoms with van der Waals surface area (Å²) in [7, 11) is 1.61. The van der Waals surface area contributed by atoms with Crippen molar-refractivity contribution in [3.63, 3.8) is 0 Å². The summed E-state index contributed by atoms with van der Waals surface area (Å²) in [4.78, 5) is 12.4. The molecule has 0 aliphatic heterocycles. The maximum atomic E-state index is 12.4. The van der Waals surface area contributed by atoms with E-state index in [4.69, 9.17) is 21.5 Å². The third kappa shape index (κ3) is 4.60. The molecule has 3 aromatic rings. The maximum Gasteiger partial charge on any atom is 0.269 e. The van der Waals surface area contributed by atoms with Gasteiger partial charge < -0.3 is 14.6 Å². The number of carbonyl (C=O) groups excluding carboxylic acids is 1. The van der Waals surface area contributed by atoms with Crippen molar-refractivity contribution in [2.45, 2.75) is 13.0 Å². The standard InChI is InChI=1S/C19H20N4O3S/c1-12(11-25-2)20-19(27)22-21-18(24)14-8-9-16-15(10-14)17(26-23-16)13-6-4-3-5-7-13/h3-10,12H,11H2,1-2H3,(H,21,24)(H2,20,22,27)/t12-/m0/s1. The molecule has 1 amide bonds. The second kappa shape index (κ2) is 8.61. The Morgan fingerprint density at radius 1 is 1.22 bits per heavy atom. The van der Waals surface area contributed by atoms with E-state index in [1.54, 1.807) is 25.3 Å². The van der Waals surface area contributed by atoms with E-state index in [0.29, 0.717) is 28.6 Å². The van der Waals surface area contributed by atoms with Gasteiger partial charge in [0.1, 0.15) is 5.52 Å². The van der Waals surface area contributed by atoms with E-state index in [2.05, 4.69) is 21.3 Å². The topological polar surface area (TPSA) is 88.4 Å². The van der Waals surface area contributed by atoms with E-state index in [1.807, 2.05) is 37.3 Å². The first-order valence-corrected chi connectivity index (χ1v) is 8.80. The zero-order chi connectivity index (χ0) is 19.2. The summed E-state index contributed by atoms with van der Waals surface area (Å²) in [5, 5.41) is 8.13. The van der Waals surface area contributed by atoms with Crippen LogP contribution in [0.1, 0.15) is 17.3 Å². The lowest BCUT2D eigenvalue weighted by molar-refractivity contribution is 0.0943. The number of carbonyl (C=O) groups is 1. The fraction of sp³-hybridized carbons (Fsp3) is 0.211. The van der Waals surface area contributed by atoms with E-state index < -0.39 is 0 Å². The minimum Gasteiger partial charge on any atom is -0.383 e. The molecule has 0 aliphatic carbocycles. The molecule has 0 saturated heterocycles. The summed E-state index contributed by atoms with van der Waals surface area (Å²) >= 11 is 5.14. The fourth-order valence-electron chi connectivity index (χ4n) is 2.62. The number of thiocarbonyl (C=S) groups is 1. The Labute approximate surface area is 162 Å². The Hall–Kier alpha value is -2.97. The van der Waals surface area contributed by atoms with Gasteiger partial charge in [-0.2, -0.15) is 0 Å². The number of methoxy groups -OCH3 is 1. The van der Waals surface area contributed by atoms with E-state index >= 15 is 0 Å². The van der Waals surface area contributed by atoms with Crippen LogP contribution in [0.25, 0.3) is 22.2 Å². The fourth-order valence-corrected chi connectivity index (χ4v) is 2.87. The van der Waals surface area contributed by atoms with Crippen molar-refractivity contribution < 1.29 is 14.1 Å². The van der Waals surface area contributed by atoms with Crippen LogP contribution in [0.3, 0.4) is 0 Å². The maximum absolute atomic E-state index is 12.4. The molecule has 140 valence electrons. The predicted molar refractivity (Wildman–Crippen MR) is 107 cm³/mol. The molecule has 3 N–H and O–H groups in total. The molecule has 0 spiro atoms. The lowest BCUT2D eigenvalue weighted by Crippen LogP contribution is -2.49.